The Kier molecular flexibility index (Phi) is 6.48. The number of amides is 2. The number of rotatable bonds is 8. The van der Waals surface area contributed by atoms with Crippen molar-refractivity contribution in [2.45, 2.75) is 26.8 Å². The Morgan fingerprint density at radius 3 is 2.75 bits per heavy atom. The fourth-order valence-corrected chi connectivity index (χ4v) is 1.72. The van der Waals surface area contributed by atoms with Crippen LogP contribution in [0.25, 0.3) is 0 Å². The van der Waals surface area contributed by atoms with Gasteiger partial charge in [-0.1, -0.05) is 19.1 Å². The molecular formula is C12H21N5O3. The monoisotopic (exact) mass is 283 g/mol. The van der Waals surface area contributed by atoms with Crippen molar-refractivity contribution in [3.8, 4) is 0 Å². The Hall–Kier alpha value is -2.12. The number of carbonyl (C=O) groups is 2. The molecule has 8 nitrogen and oxygen atoms in total. The van der Waals surface area contributed by atoms with Crippen molar-refractivity contribution < 1.29 is 14.7 Å². The summed E-state index contributed by atoms with van der Waals surface area (Å²) in [6.07, 6.45) is 4.05. The smallest absolute Gasteiger partial charge is 0.323 e. The highest BCUT2D eigenvalue weighted by Crippen LogP contribution is 1.99. The normalized spacial score (nSPS) is 10.6. The number of urea groups is 1. The molecule has 0 aliphatic carbocycles. The van der Waals surface area contributed by atoms with E-state index in [2.05, 4.69) is 15.6 Å². The number of aromatic nitrogens is 3. The van der Waals surface area contributed by atoms with E-state index in [9.17, 15) is 9.59 Å². The molecule has 2 N–H and O–H groups in total. The molecule has 0 bridgehead atoms. The minimum absolute atomic E-state index is 0.218. The van der Waals surface area contributed by atoms with Gasteiger partial charge in [0.1, 0.15) is 6.54 Å². The molecule has 1 heterocycles. The molecule has 0 unspecified atom stereocenters. The summed E-state index contributed by atoms with van der Waals surface area (Å²) in [5, 5.41) is 19.0. The first-order valence-electron chi connectivity index (χ1n) is 6.57. The molecule has 1 rings (SSSR count). The van der Waals surface area contributed by atoms with Crippen LogP contribution < -0.4 is 5.32 Å². The van der Waals surface area contributed by atoms with Gasteiger partial charge < -0.3 is 15.3 Å². The summed E-state index contributed by atoms with van der Waals surface area (Å²) in [4.78, 5) is 23.9. The van der Waals surface area contributed by atoms with Crippen molar-refractivity contribution in [3.63, 3.8) is 0 Å². The standard InChI is InChI=1S/C12H21N5O3/c1-10(2)8-16(9-11(18)19)12(20)13-4-3-6-17-7-5-14-15-17/h5,7,10H,3-4,6,8-9H2,1-2H3,(H,13,20)(H,18,19). The molecule has 0 spiro atoms. The van der Waals surface area contributed by atoms with Crippen LogP contribution in [0.1, 0.15) is 20.3 Å². The Bertz CT molecular complexity index is 419. The van der Waals surface area contributed by atoms with Crippen LogP contribution in [0.5, 0.6) is 0 Å². The SMILES string of the molecule is CC(C)CN(CC(=O)O)C(=O)NCCCn1ccnn1. The summed E-state index contributed by atoms with van der Waals surface area (Å²) in [6, 6.07) is -0.348. The summed E-state index contributed by atoms with van der Waals surface area (Å²) < 4.78 is 1.68. The zero-order valence-corrected chi connectivity index (χ0v) is 11.8. The van der Waals surface area contributed by atoms with E-state index in [0.717, 1.165) is 0 Å². The summed E-state index contributed by atoms with van der Waals surface area (Å²) in [6.45, 7) is 5.13. The number of carboxylic acids is 1. The Morgan fingerprint density at radius 2 is 2.20 bits per heavy atom. The van der Waals surface area contributed by atoms with Crippen molar-refractivity contribution >= 4 is 12.0 Å². The van der Waals surface area contributed by atoms with Crippen LogP contribution in [0.3, 0.4) is 0 Å². The molecular weight excluding hydrogens is 262 g/mol. The van der Waals surface area contributed by atoms with E-state index < -0.39 is 5.97 Å². The maximum absolute atomic E-state index is 11.9. The van der Waals surface area contributed by atoms with Gasteiger partial charge in [0.25, 0.3) is 0 Å². The van der Waals surface area contributed by atoms with Crippen molar-refractivity contribution in [3.05, 3.63) is 12.4 Å². The number of hydrogen-bond donors (Lipinski definition) is 2. The van der Waals surface area contributed by atoms with E-state index in [4.69, 9.17) is 5.11 Å². The predicted molar refractivity (Wildman–Crippen MR) is 72.1 cm³/mol. The Labute approximate surface area is 117 Å². The fourth-order valence-electron chi connectivity index (χ4n) is 1.72. The number of aryl methyl sites for hydroxylation is 1. The summed E-state index contributed by atoms with van der Waals surface area (Å²) in [7, 11) is 0. The zero-order valence-electron chi connectivity index (χ0n) is 11.8. The van der Waals surface area contributed by atoms with Gasteiger partial charge in [-0.3, -0.25) is 9.48 Å². The molecule has 0 saturated heterocycles. The molecule has 0 saturated carbocycles. The number of nitrogens with zero attached hydrogens (tertiary/aromatic N) is 4. The first-order valence-corrected chi connectivity index (χ1v) is 6.57. The average molecular weight is 283 g/mol. The highest BCUT2D eigenvalue weighted by atomic mass is 16.4. The minimum atomic E-state index is -1.01. The number of aliphatic carboxylic acids is 1. The topological polar surface area (TPSA) is 100 Å². The summed E-state index contributed by atoms with van der Waals surface area (Å²) in [5.41, 5.74) is 0. The van der Waals surface area contributed by atoms with Gasteiger partial charge in [0, 0.05) is 25.8 Å². The molecule has 0 aliphatic rings. The molecule has 0 fully saturated rings. The molecule has 0 aromatic carbocycles. The van der Waals surface area contributed by atoms with Crippen LogP contribution in [0.4, 0.5) is 4.79 Å². The van der Waals surface area contributed by atoms with E-state index in [1.54, 1.807) is 17.1 Å². The summed E-state index contributed by atoms with van der Waals surface area (Å²) >= 11 is 0. The van der Waals surface area contributed by atoms with E-state index in [-0.39, 0.29) is 18.5 Å². The molecule has 20 heavy (non-hydrogen) atoms. The van der Waals surface area contributed by atoms with Gasteiger partial charge in [-0.15, -0.1) is 5.10 Å². The largest absolute Gasteiger partial charge is 0.480 e. The van der Waals surface area contributed by atoms with Crippen LogP contribution >= 0.6 is 0 Å². The fraction of sp³-hybridized carbons (Fsp3) is 0.667. The second kappa shape index (κ2) is 8.13. The lowest BCUT2D eigenvalue weighted by Gasteiger charge is -2.23. The van der Waals surface area contributed by atoms with Gasteiger partial charge >= 0.3 is 12.0 Å². The van der Waals surface area contributed by atoms with Crippen LogP contribution in [-0.4, -0.2) is 56.6 Å². The first kappa shape index (κ1) is 15.9. The molecule has 112 valence electrons. The molecule has 2 amide bonds. The van der Waals surface area contributed by atoms with Gasteiger partial charge in [0.05, 0.1) is 6.20 Å². The highest BCUT2D eigenvalue weighted by Gasteiger charge is 2.17. The van der Waals surface area contributed by atoms with Crippen molar-refractivity contribution in [2.24, 2.45) is 5.92 Å². The highest BCUT2D eigenvalue weighted by molar-refractivity contribution is 5.80. The third-order valence-electron chi connectivity index (χ3n) is 2.51. The molecule has 0 aliphatic heterocycles. The number of hydrogen-bond acceptors (Lipinski definition) is 4. The second-order valence-corrected chi connectivity index (χ2v) is 4.92. The zero-order chi connectivity index (χ0) is 15.0. The van der Waals surface area contributed by atoms with Gasteiger partial charge in [0.15, 0.2) is 0 Å². The molecule has 0 atom stereocenters. The number of nitrogens with one attached hydrogen (secondary N) is 1. The van der Waals surface area contributed by atoms with Gasteiger partial charge in [-0.25, -0.2) is 4.79 Å². The molecule has 1 aromatic rings. The van der Waals surface area contributed by atoms with Gasteiger partial charge in [-0.05, 0) is 12.3 Å². The third-order valence-corrected chi connectivity index (χ3v) is 2.51. The second-order valence-electron chi connectivity index (χ2n) is 4.92. The number of carbonyl (C=O) groups excluding carboxylic acids is 1. The molecule has 1 aromatic heterocycles. The summed E-state index contributed by atoms with van der Waals surface area (Å²) in [5.74, 6) is -0.793. The van der Waals surface area contributed by atoms with Crippen LogP contribution in [-0.2, 0) is 11.3 Å². The lowest BCUT2D eigenvalue weighted by atomic mass is 10.2. The maximum Gasteiger partial charge on any atom is 0.323 e. The van der Waals surface area contributed by atoms with Crippen LogP contribution in [0.2, 0.25) is 0 Å². The van der Waals surface area contributed by atoms with Gasteiger partial charge in [-0.2, -0.15) is 0 Å². The van der Waals surface area contributed by atoms with Crippen molar-refractivity contribution in [1.29, 1.82) is 0 Å². The van der Waals surface area contributed by atoms with Crippen molar-refractivity contribution in [1.82, 2.24) is 25.2 Å². The molecule has 8 heteroatoms. The average Bonchev–Trinajstić information content (AvgIpc) is 2.85. The van der Waals surface area contributed by atoms with E-state index in [1.807, 2.05) is 13.8 Å². The predicted octanol–water partition coefficient (Wildman–Crippen LogP) is 0.420. The Balaban J connectivity index is 2.31. The lowest BCUT2D eigenvalue weighted by Crippen LogP contribution is -2.44. The molecule has 0 radical (unpaired) electrons. The Morgan fingerprint density at radius 1 is 1.45 bits per heavy atom. The van der Waals surface area contributed by atoms with Gasteiger partial charge in [0.2, 0.25) is 0 Å². The van der Waals surface area contributed by atoms with Crippen molar-refractivity contribution in [2.75, 3.05) is 19.6 Å². The van der Waals surface area contributed by atoms with E-state index >= 15 is 0 Å². The van der Waals surface area contributed by atoms with Crippen LogP contribution in [0, 0.1) is 5.92 Å². The van der Waals surface area contributed by atoms with E-state index in [0.29, 0.717) is 26.1 Å². The first-order chi connectivity index (χ1) is 9.49. The quantitative estimate of drug-likeness (QED) is 0.673. The minimum Gasteiger partial charge on any atom is -0.480 e. The van der Waals surface area contributed by atoms with Crippen LogP contribution in [0.15, 0.2) is 12.4 Å². The number of carboxylic acid groups (broad SMARTS) is 1. The van der Waals surface area contributed by atoms with E-state index in [1.165, 1.54) is 4.90 Å². The third kappa shape index (κ3) is 6.17. The lowest BCUT2D eigenvalue weighted by molar-refractivity contribution is -0.137. The maximum atomic E-state index is 11.9.